The summed E-state index contributed by atoms with van der Waals surface area (Å²) in [5.41, 5.74) is 1.14. The molecular formula is C25H23ClN6O4. The number of amides is 2. The number of H-pyrrole nitrogens is 1. The molecule has 2 amide bonds. The van der Waals surface area contributed by atoms with Crippen molar-refractivity contribution >= 4 is 40.1 Å². The van der Waals surface area contributed by atoms with Crippen LogP contribution in [0.2, 0.25) is 5.02 Å². The maximum Gasteiger partial charge on any atom is 0.318 e. The van der Waals surface area contributed by atoms with Crippen molar-refractivity contribution in [2.45, 2.75) is 19.9 Å². The van der Waals surface area contributed by atoms with Crippen LogP contribution in [-0.4, -0.2) is 38.9 Å². The van der Waals surface area contributed by atoms with Crippen molar-refractivity contribution < 1.29 is 14.3 Å². The Morgan fingerprint density at radius 2 is 1.86 bits per heavy atom. The van der Waals surface area contributed by atoms with Gasteiger partial charge in [-0.1, -0.05) is 41.9 Å². The predicted octanol–water partition coefficient (Wildman–Crippen LogP) is 3.62. The summed E-state index contributed by atoms with van der Waals surface area (Å²) in [4.78, 5) is 49.5. The quantitative estimate of drug-likeness (QED) is 0.206. The molecule has 1 unspecified atom stereocenters. The van der Waals surface area contributed by atoms with Gasteiger partial charge in [0.1, 0.15) is 11.2 Å². The fourth-order valence-corrected chi connectivity index (χ4v) is 3.79. The zero-order valence-electron chi connectivity index (χ0n) is 19.7. The van der Waals surface area contributed by atoms with Crippen molar-refractivity contribution in [3.8, 4) is 6.01 Å². The number of ether oxygens (including phenoxy) is 1. The van der Waals surface area contributed by atoms with Gasteiger partial charge in [-0.25, -0.2) is 5.84 Å². The van der Waals surface area contributed by atoms with Crippen LogP contribution in [0.15, 0.2) is 59.4 Å². The Morgan fingerprint density at radius 3 is 2.56 bits per heavy atom. The number of fused-ring (bicyclic) bond motifs is 1. The molecule has 2 aromatic heterocycles. The highest BCUT2D eigenvalue weighted by molar-refractivity contribution is 6.34. The molecule has 0 aliphatic heterocycles. The van der Waals surface area contributed by atoms with Crippen LogP contribution in [0.4, 0.5) is 5.69 Å². The summed E-state index contributed by atoms with van der Waals surface area (Å²) in [6.07, 6.45) is 0. The molecule has 0 saturated carbocycles. The monoisotopic (exact) mass is 506 g/mol. The number of aryl methyl sites for hydroxylation is 1. The number of carbonyl (C=O) groups is 2. The van der Waals surface area contributed by atoms with Crippen LogP contribution in [0, 0.1) is 6.92 Å². The topological polar surface area (TPSA) is 143 Å². The van der Waals surface area contributed by atoms with Gasteiger partial charge >= 0.3 is 6.01 Å². The molecule has 0 aliphatic rings. The molecule has 10 nitrogen and oxygen atoms in total. The van der Waals surface area contributed by atoms with Crippen LogP contribution in [0.5, 0.6) is 6.01 Å². The molecule has 2 aromatic carbocycles. The van der Waals surface area contributed by atoms with Crippen LogP contribution < -0.4 is 21.5 Å². The Labute approximate surface area is 211 Å². The van der Waals surface area contributed by atoms with Crippen LogP contribution in [0.3, 0.4) is 0 Å². The molecule has 0 saturated heterocycles. The molecule has 4 N–H and O–H groups in total. The molecule has 0 aliphatic carbocycles. The molecule has 0 bridgehead atoms. The number of nitrogens with two attached hydrogens (primary N) is 1. The minimum Gasteiger partial charge on any atom is -0.467 e. The van der Waals surface area contributed by atoms with Crippen molar-refractivity contribution in [1.29, 1.82) is 0 Å². The first-order valence-electron chi connectivity index (χ1n) is 10.9. The number of anilines is 1. The number of halogens is 1. The van der Waals surface area contributed by atoms with Crippen molar-refractivity contribution in [3.63, 3.8) is 0 Å². The standard InChI is InChI=1S/C25H23ClN6O4/c1-13-17-12-18(23(34)30-21(17)31-25(28-13)36-3)22(33)29-20-11-16(9-10-19(20)26)24(35)32(27)14(2)15-7-5-4-6-8-15/h4-12,14H,27H2,1-3H3,(H,29,33)(H,28,30,31,34). The molecule has 0 fully saturated rings. The molecular weight excluding hydrogens is 484 g/mol. The zero-order chi connectivity index (χ0) is 26.0. The second kappa shape index (κ2) is 10.1. The lowest BCUT2D eigenvalue weighted by atomic mass is 10.1. The minimum atomic E-state index is -0.720. The number of pyridine rings is 1. The largest absolute Gasteiger partial charge is 0.467 e. The smallest absolute Gasteiger partial charge is 0.318 e. The van der Waals surface area contributed by atoms with Gasteiger partial charge in [0.15, 0.2) is 0 Å². The Morgan fingerprint density at radius 1 is 1.14 bits per heavy atom. The third kappa shape index (κ3) is 4.90. The van der Waals surface area contributed by atoms with E-state index in [1.165, 1.54) is 31.4 Å². The third-order valence-corrected chi connectivity index (χ3v) is 6.03. The van der Waals surface area contributed by atoms with Crippen molar-refractivity contribution in [2.75, 3.05) is 12.4 Å². The lowest BCUT2D eigenvalue weighted by Gasteiger charge is -2.25. The Kier molecular flexibility index (Phi) is 7.00. The summed E-state index contributed by atoms with van der Waals surface area (Å²) in [5.74, 6) is 4.92. The van der Waals surface area contributed by atoms with Gasteiger partial charge in [0.05, 0.1) is 29.6 Å². The number of methoxy groups -OCH3 is 1. The van der Waals surface area contributed by atoms with E-state index in [1.807, 2.05) is 30.3 Å². The number of hydrogen-bond acceptors (Lipinski definition) is 7. The predicted molar refractivity (Wildman–Crippen MR) is 136 cm³/mol. The van der Waals surface area contributed by atoms with E-state index >= 15 is 0 Å². The number of hydrazine groups is 1. The molecule has 4 aromatic rings. The van der Waals surface area contributed by atoms with E-state index in [4.69, 9.17) is 22.2 Å². The van der Waals surface area contributed by atoms with Crippen LogP contribution >= 0.6 is 11.6 Å². The van der Waals surface area contributed by atoms with Gasteiger partial charge in [-0.2, -0.15) is 9.97 Å². The highest BCUT2D eigenvalue weighted by Gasteiger charge is 2.22. The maximum absolute atomic E-state index is 13.0. The fourth-order valence-electron chi connectivity index (χ4n) is 3.63. The number of rotatable bonds is 6. The Hall–Kier alpha value is -4.28. The summed E-state index contributed by atoms with van der Waals surface area (Å²) in [5, 5.41) is 4.37. The number of carbonyl (C=O) groups excluding carboxylic acids is 2. The summed E-state index contributed by atoms with van der Waals surface area (Å²) in [6, 6.07) is 14.8. The lowest BCUT2D eigenvalue weighted by Crippen LogP contribution is -2.39. The number of nitrogens with one attached hydrogen (secondary N) is 2. The SMILES string of the molecule is COc1nc(C)c2cc(C(=O)Nc3cc(C(=O)N(N)C(C)c4ccccc4)ccc3Cl)c(=O)[nH]c2n1. The maximum atomic E-state index is 13.0. The fraction of sp³-hybridized carbons (Fsp3) is 0.160. The average molecular weight is 507 g/mol. The van der Waals surface area contributed by atoms with E-state index in [9.17, 15) is 14.4 Å². The van der Waals surface area contributed by atoms with Gasteiger partial charge in [0.2, 0.25) is 0 Å². The van der Waals surface area contributed by atoms with Gasteiger partial charge in [-0.15, -0.1) is 0 Å². The number of aromatic nitrogens is 3. The first-order valence-corrected chi connectivity index (χ1v) is 11.3. The summed E-state index contributed by atoms with van der Waals surface area (Å²) in [7, 11) is 1.41. The molecule has 4 rings (SSSR count). The number of hydrogen-bond donors (Lipinski definition) is 3. The van der Waals surface area contributed by atoms with Gasteiger partial charge in [-0.05, 0) is 43.7 Å². The molecule has 0 radical (unpaired) electrons. The van der Waals surface area contributed by atoms with Gasteiger partial charge in [0.25, 0.3) is 17.4 Å². The number of aromatic amines is 1. The molecule has 184 valence electrons. The lowest BCUT2D eigenvalue weighted by molar-refractivity contribution is 0.0690. The van der Waals surface area contributed by atoms with Crippen LogP contribution in [0.1, 0.15) is 44.9 Å². The van der Waals surface area contributed by atoms with Crippen LogP contribution in [-0.2, 0) is 0 Å². The number of nitrogens with zero attached hydrogens (tertiary/aromatic N) is 3. The van der Waals surface area contributed by atoms with E-state index in [-0.39, 0.29) is 33.5 Å². The van der Waals surface area contributed by atoms with E-state index in [0.29, 0.717) is 11.1 Å². The second-order valence-corrected chi connectivity index (χ2v) is 8.43. The highest BCUT2D eigenvalue weighted by atomic mass is 35.5. The normalized spacial score (nSPS) is 11.7. The van der Waals surface area contributed by atoms with Crippen molar-refractivity contribution in [1.82, 2.24) is 20.0 Å². The molecule has 36 heavy (non-hydrogen) atoms. The third-order valence-electron chi connectivity index (χ3n) is 5.70. The Bertz CT molecular complexity index is 1520. The summed E-state index contributed by atoms with van der Waals surface area (Å²) >= 11 is 6.27. The van der Waals surface area contributed by atoms with Gasteiger partial charge < -0.3 is 15.0 Å². The minimum absolute atomic E-state index is 0.0941. The first-order chi connectivity index (χ1) is 17.2. The molecule has 11 heteroatoms. The van der Waals surface area contributed by atoms with E-state index in [2.05, 4.69) is 20.3 Å². The van der Waals surface area contributed by atoms with E-state index < -0.39 is 23.4 Å². The van der Waals surface area contributed by atoms with E-state index in [1.54, 1.807) is 13.8 Å². The molecule has 1 atom stereocenters. The van der Waals surface area contributed by atoms with Crippen molar-refractivity contribution in [2.24, 2.45) is 5.84 Å². The van der Waals surface area contributed by atoms with Crippen LogP contribution in [0.25, 0.3) is 11.0 Å². The van der Waals surface area contributed by atoms with Gasteiger partial charge in [0, 0.05) is 10.9 Å². The summed E-state index contributed by atoms with van der Waals surface area (Å²) in [6.45, 7) is 3.51. The molecule has 0 spiro atoms. The van der Waals surface area contributed by atoms with E-state index in [0.717, 1.165) is 10.6 Å². The second-order valence-electron chi connectivity index (χ2n) is 8.02. The molecule has 2 heterocycles. The average Bonchev–Trinajstić information content (AvgIpc) is 2.88. The van der Waals surface area contributed by atoms with Crippen molar-refractivity contribution in [3.05, 3.63) is 92.4 Å². The van der Waals surface area contributed by atoms with Gasteiger partial charge in [-0.3, -0.25) is 19.4 Å². The zero-order valence-corrected chi connectivity index (χ0v) is 20.5. The Balaban J connectivity index is 1.61. The number of benzene rings is 2. The first kappa shape index (κ1) is 24.8. The highest BCUT2D eigenvalue weighted by Crippen LogP contribution is 2.26. The summed E-state index contributed by atoms with van der Waals surface area (Å²) < 4.78 is 5.02.